The van der Waals surface area contributed by atoms with E-state index in [4.69, 9.17) is 10.5 Å². The van der Waals surface area contributed by atoms with Crippen LogP contribution in [-0.4, -0.2) is 17.1 Å². The lowest BCUT2D eigenvalue weighted by atomic mass is 9.96. The molecule has 2 N–H and O–H groups in total. The molecule has 5 nitrogen and oxygen atoms in total. The van der Waals surface area contributed by atoms with Crippen molar-refractivity contribution in [1.82, 2.24) is 0 Å². The summed E-state index contributed by atoms with van der Waals surface area (Å²) in [7, 11) is 0. The molecule has 20 heavy (non-hydrogen) atoms. The van der Waals surface area contributed by atoms with Crippen molar-refractivity contribution >= 4 is 11.6 Å². The predicted molar refractivity (Wildman–Crippen MR) is 72.2 cm³/mol. The first-order valence-corrected chi connectivity index (χ1v) is 6.51. The van der Waals surface area contributed by atoms with E-state index in [0.29, 0.717) is 11.3 Å². The Bertz CT molecular complexity index is 564. The van der Waals surface area contributed by atoms with Crippen LogP contribution in [-0.2, 0) is 4.79 Å². The van der Waals surface area contributed by atoms with E-state index in [1.54, 1.807) is 24.3 Å². The normalized spacial score (nSPS) is 16.6. The zero-order valence-corrected chi connectivity index (χ0v) is 10.9. The van der Waals surface area contributed by atoms with Gasteiger partial charge in [0.1, 0.15) is 0 Å². The molecule has 0 radical (unpaired) electrons. The lowest BCUT2D eigenvalue weighted by Gasteiger charge is -2.15. The highest BCUT2D eigenvalue weighted by Gasteiger charge is 2.36. The summed E-state index contributed by atoms with van der Waals surface area (Å²) in [4.78, 5) is 11.8. The van der Waals surface area contributed by atoms with Gasteiger partial charge in [-0.25, -0.2) is 0 Å². The van der Waals surface area contributed by atoms with Gasteiger partial charge in [0.2, 0.25) is 5.91 Å². The van der Waals surface area contributed by atoms with Crippen molar-refractivity contribution < 1.29 is 9.90 Å². The summed E-state index contributed by atoms with van der Waals surface area (Å²) in [6.07, 6.45) is 1.12. The molecule has 0 spiro atoms. The highest BCUT2D eigenvalue weighted by atomic mass is 16.3. The number of nitriles is 2. The molecule has 0 saturated heterocycles. The van der Waals surface area contributed by atoms with Crippen LogP contribution < -0.4 is 5.32 Å². The van der Waals surface area contributed by atoms with Crippen LogP contribution in [0.1, 0.15) is 24.8 Å². The SMILES string of the molecule is N#Cc1ccc(NC(=O)CC(C#N)C(O)C2CC2)cc1. The highest BCUT2D eigenvalue weighted by molar-refractivity contribution is 5.91. The first kappa shape index (κ1) is 14.0. The molecule has 1 saturated carbocycles. The van der Waals surface area contributed by atoms with Crippen molar-refractivity contribution in [2.45, 2.75) is 25.4 Å². The maximum Gasteiger partial charge on any atom is 0.225 e. The van der Waals surface area contributed by atoms with Crippen LogP contribution in [0.5, 0.6) is 0 Å². The smallest absolute Gasteiger partial charge is 0.225 e. The molecule has 0 aromatic heterocycles. The summed E-state index contributed by atoms with van der Waals surface area (Å²) in [5.74, 6) is -0.802. The summed E-state index contributed by atoms with van der Waals surface area (Å²) in [6.45, 7) is 0. The molecule has 1 aromatic rings. The Morgan fingerprint density at radius 3 is 2.50 bits per heavy atom. The maximum atomic E-state index is 11.8. The van der Waals surface area contributed by atoms with Gasteiger partial charge in [-0.15, -0.1) is 0 Å². The topological polar surface area (TPSA) is 96.9 Å². The molecule has 0 aliphatic heterocycles. The number of amides is 1. The van der Waals surface area contributed by atoms with Crippen LogP contribution in [0.4, 0.5) is 5.69 Å². The molecule has 2 rings (SSSR count). The van der Waals surface area contributed by atoms with Gasteiger partial charge < -0.3 is 10.4 Å². The van der Waals surface area contributed by atoms with Gasteiger partial charge in [-0.3, -0.25) is 4.79 Å². The molecule has 1 fully saturated rings. The third-order valence-electron chi connectivity index (χ3n) is 3.39. The number of aliphatic hydroxyl groups excluding tert-OH is 1. The number of nitrogens with one attached hydrogen (secondary N) is 1. The lowest BCUT2D eigenvalue weighted by molar-refractivity contribution is -0.117. The average Bonchev–Trinajstić information content (AvgIpc) is 3.29. The number of hydrogen-bond acceptors (Lipinski definition) is 4. The highest BCUT2D eigenvalue weighted by Crippen LogP contribution is 2.36. The number of aliphatic hydroxyl groups is 1. The van der Waals surface area contributed by atoms with Gasteiger partial charge in [0, 0.05) is 12.1 Å². The monoisotopic (exact) mass is 269 g/mol. The van der Waals surface area contributed by atoms with Gasteiger partial charge >= 0.3 is 0 Å². The van der Waals surface area contributed by atoms with E-state index >= 15 is 0 Å². The Morgan fingerprint density at radius 1 is 1.35 bits per heavy atom. The number of carbonyl (C=O) groups is 1. The minimum atomic E-state index is -0.716. The van der Waals surface area contributed by atoms with Gasteiger partial charge in [-0.1, -0.05) is 0 Å². The fourth-order valence-corrected chi connectivity index (χ4v) is 2.05. The van der Waals surface area contributed by atoms with Crippen LogP contribution in [0.2, 0.25) is 0 Å². The Kier molecular flexibility index (Phi) is 4.34. The first-order valence-electron chi connectivity index (χ1n) is 6.51. The number of rotatable bonds is 5. The standard InChI is InChI=1S/C15H15N3O2/c16-8-10-1-5-13(6-2-10)18-14(19)7-12(9-17)15(20)11-3-4-11/h1-2,5-6,11-12,15,20H,3-4,7H2,(H,18,19). The van der Waals surface area contributed by atoms with Crippen LogP contribution >= 0.6 is 0 Å². The summed E-state index contributed by atoms with van der Waals surface area (Å²) < 4.78 is 0. The molecule has 2 atom stereocenters. The number of carbonyl (C=O) groups excluding carboxylic acids is 1. The quantitative estimate of drug-likeness (QED) is 0.851. The molecule has 1 amide bonds. The Balaban J connectivity index is 1.90. The van der Waals surface area contributed by atoms with Gasteiger partial charge in [0.15, 0.2) is 0 Å². The molecule has 2 unspecified atom stereocenters. The van der Waals surface area contributed by atoms with Crippen molar-refractivity contribution in [2.75, 3.05) is 5.32 Å². The summed E-state index contributed by atoms with van der Waals surface area (Å²) in [5, 5.41) is 30.3. The lowest BCUT2D eigenvalue weighted by Crippen LogP contribution is -2.26. The summed E-state index contributed by atoms with van der Waals surface area (Å²) in [5.41, 5.74) is 1.09. The van der Waals surface area contributed by atoms with E-state index in [1.807, 2.05) is 12.1 Å². The van der Waals surface area contributed by atoms with E-state index < -0.39 is 12.0 Å². The van der Waals surface area contributed by atoms with Gasteiger partial charge in [-0.2, -0.15) is 10.5 Å². The molecular weight excluding hydrogens is 254 g/mol. The molecule has 1 aliphatic carbocycles. The average molecular weight is 269 g/mol. The van der Waals surface area contributed by atoms with Gasteiger partial charge in [-0.05, 0) is 43.0 Å². The second-order valence-electron chi connectivity index (χ2n) is 5.01. The van der Waals surface area contributed by atoms with E-state index in [9.17, 15) is 9.90 Å². The van der Waals surface area contributed by atoms with Crippen LogP contribution in [0.3, 0.4) is 0 Å². The fraction of sp³-hybridized carbons (Fsp3) is 0.400. The molecule has 0 heterocycles. The van der Waals surface area contributed by atoms with Crippen LogP contribution in [0.25, 0.3) is 0 Å². The Hall–Kier alpha value is -2.37. The number of benzene rings is 1. The summed E-state index contributed by atoms with van der Waals surface area (Å²) in [6, 6.07) is 10.5. The fourth-order valence-electron chi connectivity index (χ4n) is 2.05. The van der Waals surface area contributed by atoms with Crippen molar-refractivity contribution in [3.8, 4) is 12.1 Å². The molecule has 1 aromatic carbocycles. The van der Waals surface area contributed by atoms with Crippen molar-refractivity contribution in [3.05, 3.63) is 29.8 Å². The number of nitrogens with zero attached hydrogens (tertiary/aromatic N) is 2. The van der Waals surface area contributed by atoms with Gasteiger partial charge in [0.05, 0.1) is 29.7 Å². The maximum absolute atomic E-state index is 11.8. The number of anilines is 1. The minimum absolute atomic E-state index is 0.0197. The van der Waals surface area contributed by atoms with Crippen LogP contribution in [0, 0.1) is 34.5 Å². The predicted octanol–water partition coefficient (Wildman–Crippen LogP) is 1.80. The van der Waals surface area contributed by atoms with Gasteiger partial charge in [0.25, 0.3) is 0 Å². The zero-order valence-electron chi connectivity index (χ0n) is 10.9. The summed E-state index contributed by atoms with van der Waals surface area (Å²) >= 11 is 0. The third kappa shape index (κ3) is 3.57. The van der Waals surface area contributed by atoms with E-state index in [-0.39, 0.29) is 18.2 Å². The second kappa shape index (κ2) is 6.18. The molecule has 1 aliphatic rings. The van der Waals surface area contributed by atoms with E-state index in [2.05, 4.69) is 5.32 Å². The van der Waals surface area contributed by atoms with Crippen molar-refractivity contribution in [2.24, 2.45) is 11.8 Å². The zero-order chi connectivity index (χ0) is 14.5. The van der Waals surface area contributed by atoms with Crippen LogP contribution in [0.15, 0.2) is 24.3 Å². The number of hydrogen-bond donors (Lipinski definition) is 2. The second-order valence-corrected chi connectivity index (χ2v) is 5.01. The third-order valence-corrected chi connectivity index (χ3v) is 3.39. The van der Waals surface area contributed by atoms with Crippen molar-refractivity contribution in [1.29, 1.82) is 10.5 Å². The molecule has 102 valence electrons. The molecule has 0 bridgehead atoms. The minimum Gasteiger partial charge on any atom is -0.391 e. The Labute approximate surface area is 117 Å². The van der Waals surface area contributed by atoms with E-state index in [0.717, 1.165) is 12.8 Å². The molecule has 5 heteroatoms. The Morgan fingerprint density at radius 2 is 2.00 bits per heavy atom. The van der Waals surface area contributed by atoms with E-state index in [1.165, 1.54) is 0 Å². The first-order chi connectivity index (χ1) is 9.63. The largest absolute Gasteiger partial charge is 0.391 e. The van der Waals surface area contributed by atoms with Crippen molar-refractivity contribution in [3.63, 3.8) is 0 Å². The molecular formula is C15H15N3O2.